The van der Waals surface area contributed by atoms with Crippen molar-refractivity contribution in [2.75, 3.05) is 36.4 Å². The Kier molecular flexibility index (Phi) is 5.31. The molecule has 2 aromatic rings. The SMILES string of the molecule is CC(C)(C)c1cc(NC(=O)N2CCCN(c3ncccc3C#N)CC2)no1. The van der Waals surface area contributed by atoms with E-state index in [1.54, 1.807) is 29.3 Å². The molecule has 3 rings (SSSR count). The summed E-state index contributed by atoms with van der Waals surface area (Å²) in [4.78, 5) is 20.7. The molecule has 3 heterocycles. The molecule has 0 unspecified atom stereocenters. The lowest BCUT2D eigenvalue weighted by atomic mass is 9.93. The third-order valence-corrected chi connectivity index (χ3v) is 4.47. The molecule has 0 atom stereocenters. The summed E-state index contributed by atoms with van der Waals surface area (Å²) < 4.78 is 5.31. The molecule has 0 spiro atoms. The summed E-state index contributed by atoms with van der Waals surface area (Å²) in [6, 6.07) is 7.25. The number of rotatable bonds is 2. The van der Waals surface area contributed by atoms with Gasteiger partial charge in [-0.1, -0.05) is 25.9 Å². The average Bonchev–Trinajstić information content (AvgIpc) is 2.98. The molecule has 27 heavy (non-hydrogen) atoms. The van der Waals surface area contributed by atoms with Gasteiger partial charge in [0, 0.05) is 43.9 Å². The first kappa shape index (κ1) is 18.7. The summed E-state index contributed by atoms with van der Waals surface area (Å²) in [6.07, 6.45) is 2.48. The highest BCUT2D eigenvalue weighted by molar-refractivity contribution is 5.88. The van der Waals surface area contributed by atoms with Crippen LogP contribution >= 0.6 is 0 Å². The minimum Gasteiger partial charge on any atom is -0.359 e. The van der Waals surface area contributed by atoms with E-state index in [0.717, 1.165) is 18.7 Å². The van der Waals surface area contributed by atoms with Gasteiger partial charge < -0.3 is 14.3 Å². The van der Waals surface area contributed by atoms with Gasteiger partial charge in [-0.05, 0) is 18.6 Å². The van der Waals surface area contributed by atoms with E-state index < -0.39 is 0 Å². The normalized spacial score (nSPS) is 15.2. The molecule has 142 valence electrons. The minimum absolute atomic E-state index is 0.166. The van der Waals surface area contributed by atoms with Crippen LogP contribution in [0.3, 0.4) is 0 Å². The zero-order chi connectivity index (χ0) is 19.4. The number of nitrogens with one attached hydrogen (secondary N) is 1. The molecule has 0 saturated carbocycles. The van der Waals surface area contributed by atoms with Crippen molar-refractivity contribution in [3.05, 3.63) is 35.7 Å². The smallest absolute Gasteiger partial charge is 0.323 e. The third-order valence-electron chi connectivity index (χ3n) is 4.47. The highest BCUT2D eigenvalue weighted by Gasteiger charge is 2.24. The molecule has 0 bridgehead atoms. The zero-order valence-electron chi connectivity index (χ0n) is 15.9. The molecule has 0 radical (unpaired) electrons. The Labute approximate surface area is 158 Å². The molecule has 8 heteroatoms. The van der Waals surface area contributed by atoms with E-state index in [1.807, 2.05) is 20.8 Å². The molecular formula is C19H24N6O2. The van der Waals surface area contributed by atoms with Gasteiger partial charge in [-0.3, -0.25) is 5.32 Å². The topological polar surface area (TPSA) is 98.3 Å². The lowest BCUT2D eigenvalue weighted by Gasteiger charge is -2.23. The lowest BCUT2D eigenvalue weighted by molar-refractivity contribution is 0.215. The van der Waals surface area contributed by atoms with Gasteiger partial charge >= 0.3 is 6.03 Å². The predicted octanol–water partition coefficient (Wildman–Crippen LogP) is 2.98. The molecule has 8 nitrogen and oxygen atoms in total. The summed E-state index contributed by atoms with van der Waals surface area (Å²) in [7, 11) is 0. The average molecular weight is 368 g/mol. The number of carbonyl (C=O) groups is 1. The van der Waals surface area contributed by atoms with Crippen LogP contribution in [-0.2, 0) is 5.41 Å². The maximum Gasteiger partial charge on any atom is 0.323 e. The van der Waals surface area contributed by atoms with Crippen molar-refractivity contribution in [2.45, 2.75) is 32.6 Å². The number of anilines is 2. The van der Waals surface area contributed by atoms with E-state index >= 15 is 0 Å². The van der Waals surface area contributed by atoms with Crippen LogP contribution in [0.2, 0.25) is 0 Å². The number of hydrogen-bond donors (Lipinski definition) is 1. The number of aromatic nitrogens is 2. The van der Waals surface area contributed by atoms with Crippen molar-refractivity contribution in [2.24, 2.45) is 0 Å². The van der Waals surface area contributed by atoms with Gasteiger partial charge in [0.15, 0.2) is 5.82 Å². The van der Waals surface area contributed by atoms with Crippen LogP contribution in [0.4, 0.5) is 16.4 Å². The molecule has 1 aliphatic rings. The monoisotopic (exact) mass is 368 g/mol. The fourth-order valence-corrected chi connectivity index (χ4v) is 2.94. The molecule has 1 saturated heterocycles. The maximum atomic E-state index is 12.6. The Morgan fingerprint density at radius 2 is 2.11 bits per heavy atom. The van der Waals surface area contributed by atoms with E-state index in [1.165, 1.54) is 0 Å². The second kappa shape index (κ2) is 7.66. The van der Waals surface area contributed by atoms with Crippen LogP contribution in [0.15, 0.2) is 28.9 Å². The second-order valence-corrected chi connectivity index (χ2v) is 7.57. The number of nitrogens with zero attached hydrogens (tertiary/aromatic N) is 5. The zero-order valence-corrected chi connectivity index (χ0v) is 15.9. The Morgan fingerprint density at radius 1 is 1.30 bits per heavy atom. The summed E-state index contributed by atoms with van der Waals surface area (Å²) >= 11 is 0. The first-order valence-corrected chi connectivity index (χ1v) is 9.01. The van der Waals surface area contributed by atoms with Crippen LogP contribution in [0.25, 0.3) is 0 Å². The third kappa shape index (κ3) is 4.37. The van der Waals surface area contributed by atoms with Crippen molar-refractivity contribution in [1.29, 1.82) is 5.26 Å². The molecule has 0 aliphatic carbocycles. The Morgan fingerprint density at radius 3 is 2.81 bits per heavy atom. The fraction of sp³-hybridized carbons (Fsp3) is 0.474. The number of nitriles is 1. The highest BCUT2D eigenvalue weighted by Crippen LogP contribution is 2.24. The molecule has 2 aromatic heterocycles. The molecule has 2 amide bonds. The second-order valence-electron chi connectivity index (χ2n) is 7.57. The maximum absolute atomic E-state index is 12.6. The summed E-state index contributed by atoms with van der Waals surface area (Å²) in [5.74, 6) is 1.81. The number of pyridine rings is 1. The van der Waals surface area contributed by atoms with Crippen molar-refractivity contribution < 1.29 is 9.32 Å². The number of hydrogen-bond acceptors (Lipinski definition) is 6. The Balaban J connectivity index is 1.63. The van der Waals surface area contributed by atoms with Gasteiger partial charge in [0.05, 0.1) is 5.56 Å². The molecule has 1 N–H and O–H groups in total. The van der Waals surface area contributed by atoms with Gasteiger partial charge in [-0.25, -0.2) is 9.78 Å². The number of amides is 2. The molecule has 1 aliphatic heterocycles. The van der Waals surface area contributed by atoms with E-state index in [2.05, 4.69) is 26.4 Å². The van der Waals surface area contributed by atoms with E-state index in [4.69, 9.17) is 4.52 Å². The van der Waals surface area contributed by atoms with Gasteiger partial charge in [0.2, 0.25) is 0 Å². The van der Waals surface area contributed by atoms with Crippen molar-refractivity contribution in [3.63, 3.8) is 0 Å². The summed E-state index contributed by atoms with van der Waals surface area (Å²) in [6.45, 7) is 8.60. The fourth-order valence-electron chi connectivity index (χ4n) is 2.94. The highest BCUT2D eigenvalue weighted by atomic mass is 16.5. The van der Waals surface area contributed by atoms with Gasteiger partial charge in [0.1, 0.15) is 17.6 Å². The summed E-state index contributed by atoms with van der Waals surface area (Å²) in [5, 5.41) is 16.0. The number of carbonyl (C=O) groups excluding carboxylic acids is 1. The van der Waals surface area contributed by atoms with Crippen molar-refractivity contribution >= 4 is 17.7 Å². The predicted molar refractivity (Wildman–Crippen MR) is 102 cm³/mol. The standard InChI is InChI=1S/C19H24N6O2/c1-19(2,3)15-12-16(23-27-15)22-18(26)25-9-5-8-24(10-11-25)17-14(13-20)6-4-7-21-17/h4,6-7,12H,5,8-11H2,1-3H3,(H,22,23,26). The minimum atomic E-state index is -0.202. The van der Waals surface area contributed by atoms with Gasteiger partial charge in [-0.2, -0.15) is 5.26 Å². The summed E-state index contributed by atoms with van der Waals surface area (Å²) in [5.41, 5.74) is 0.382. The first-order valence-electron chi connectivity index (χ1n) is 9.01. The lowest BCUT2D eigenvalue weighted by Crippen LogP contribution is -2.38. The molecular weight excluding hydrogens is 344 g/mol. The van der Waals surface area contributed by atoms with E-state index in [-0.39, 0.29) is 11.4 Å². The molecule has 1 fully saturated rings. The van der Waals surface area contributed by atoms with Crippen LogP contribution in [0.1, 0.15) is 38.5 Å². The number of urea groups is 1. The van der Waals surface area contributed by atoms with Crippen LogP contribution < -0.4 is 10.2 Å². The Bertz CT molecular complexity index is 848. The van der Waals surface area contributed by atoms with Crippen LogP contribution in [-0.4, -0.2) is 47.3 Å². The largest absolute Gasteiger partial charge is 0.359 e. The van der Waals surface area contributed by atoms with E-state index in [0.29, 0.717) is 36.8 Å². The first-order chi connectivity index (χ1) is 12.9. The van der Waals surface area contributed by atoms with Gasteiger partial charge in [0.25, 0.3) is 0 Å². The Hall–Kier alpha value is -3.08. The van der Waals surface area contributed by atoms with Crippen LogP contribution in [0, 0.1) is 11.3 Å². The quantitative estimate of drug-likeness (QED) is 0.875. The molecule has 0 aromatic carbocycles. The van der Waals surface area contributed by atoms with Crippen molar-refractivity contribution in [3.8, 4) is 6.07 Å². The van der Waals surface area contributed by atoms with Gasteiger partial charge in [-0.15, -0.1) is 0 Å². The van der Waals surface area contributed by atoms with Crippen LogP contribution in [0.5, 0.6) is 0 Å². The van der Waals surface area contributed by atoms with E-state index in [9.17, 15) is 10.1 Å². The van der Waals surface area contributed by atoms with Crippen molar-refractivity contribution in [1.82, 2.24) is 15.0 Å².